The molecule has 7 heteroatoms. The van der Waals surface area contributed by atoms with E-state index in [1.807, 2.05) is 6.07 Å². The third kappa shape index (κ3) is 4.45. The first-order valence-electron chi connectivity index (χ1n) is 7.66. The lowest BCUT2D eigenvalue weighted by molar-refractivity contribution is -0.113. The van der Waals surface area contributed by atoms with Gasteiger partial charge in [0.05, 0.1) is 24.1 Å². The molecule has 0 spiro atoms. The van der Waals surface area contributed by atoms with Gasteiger partial charge in [-0.1, -0.05) is 0 Å². The Hall–Kier alpha value is -2.67. The highest BCUT2D eigenvalue weighted by Crippen LogP contribution is 2.32. The predicted molar refractivity (Wildman–Crippen MR) is 94.6 cm³/mol. The number of ether oxygens (including phenoxy) is 3. The van der Waals surface area contributed by atoms with E-state index < -0.39 is 5.97 Å². The van der Waals surface area contributed by atoms with Crippen molar-refractivity contribution in [1.29, 1.82) is 0 Å². The van der Waals surface area contributed by atoms with E-state index in [0.29, 0.717) is 22.8 Å². The van der Waals surface area contributed by atoms with Crippen LogP contribution in [0.2, 0.25) is 0 Å². The second-order valence-corrected chi connectivity index (χ2v) is 6.22. The van der Waals surface area contributed by atoms with Crippen LogP contribution in [0.1, 0.15) is 10.4 Å². The lowest BCUT2D eigenvalue weighted by Gasteiger charge is -2.16. The quantitative estimate of drug-likeness (QED) is 0.631. The van der Waals surface area contributed by atoms with Crippen LogP contribution in [-0.4, -0.2) is 38.0 Å². The molecule has 1 N–H and O–H groups in total. The highest BCUT2D eigenvalue weighted by molar-refractivity contribution is 8.00. The SMILES string of the molecule is COc1ccc(OCCOC(=O)c2ccc3c(c2)NC(=O)CS3)cc1. The summed E-state index contributed by atoms with van der Waals surface area (Å²) in [6, 6.07) is 12.3. The van der Waals surface area contributed by atoms with Gasteiger partial charge in [0.15, 0.2) is 0 Å². The van der Waals surface area contributed by atoms with E-state index in [4.69, 9.17) is 14.2 Å². The Morgan fingerprint density at radius 2 is 1.88 bits per heavy atom. The van der Waals surface area contributed by atoms with Crippen LogP contribution in [0.15, 0.2) is 47.4 Å². The smallest absolute Gasteiger partial charge is 0.338 e. The Bertz CT molecular complexity index is 776. The minimum Gasteiger partial charge on any atom is -0.497 e. The van der Waals surface area contributed by atoms with Gasteiger partial charge in [-0.15, -0.1) is 11.8 Å². The molecule has 0 saturated heterocycles. The maximum atomic E-state index is 12.1. The Morgan fingerprint density at radius 1 is 1.12 bits per heavy atom. The molecule has 0 atom stereocenters. The molecular formula is C18H17NO5S. The Kier molecular flexibility index (Phi) is 5.45. The lowest BCUT2D eigenvalue weighted by Crippen LogP contribution is -2.19. The molecule has 1 amide bonds. The van der Waals surface area contributed by atoms with Crippen LogP contribution in [-0.2, 0) is 9.53 Å². The van der Waals surface area contributed by atoms with E-state index in [1.165, 1.54) is 11.8 Å². The number of thioether (sulfide) groups is 1. The number of carbonyl (C=O) groups excluding carboxylic acids is 2. The predicted octanol–water partition coefficient (Wildman–Crippen LogP) is 2.98. The zero-order valence-corrected chi connectivity index (χ0v) is 14.4. The van der Waals surface area contributed by atoms with Gasteiger partial charge >= 0.3 is 5.97 Å². The van der Waals surface area contributed by atoms with Crippen LogP contribution in [0, 0.1) is 0 Å². The molecule has 2 aromatic rings. The third-order valence-corrected chi connectivity index (χ3v) is 4.57. The Labute approximate surface area is 149 Å². The summed E-state index contributed by atoms with van der Waals surface area (Å²) in [7, 11) is 1.60. The normalized spacial score (nSPS) is 12.8. The number of methoxy groups -OCH3 is 1. The van der Waals surface area contributed by atoms with Crippen LogP contribution < -0.4 is 14.8 Å². The molecule has 1 aliphatic heterocycles. The van der Waals surface area contributed by atoms with E-state index in [2.05, 4.69) is 5.32 Å². The van der Waals surface area contributed by atoms with Crippen molar-refractivity contribution < 1.29 is 23.8 Å². The van der Waals surface area contributed by atoms with Crippen LogP contribution >= 0.6 is 11.8 Å². The van der Waals surface area contributed by atoms with Gasteiger partial charge in [0.2, 0.25) is 5.91 Å². The van der Waals surface area contributed by atoms with Crippen molar-refractivity contribution in [2.24, 2.45) is 0 Å². The van der Waals surface area contributed by atoms with Gasteiger partial charge in [-0.05, 0) is 42.5 Å². The standard InChI is InChI=1S/C18H17NO5S/c1-22-13-3-5-14(6-4-13)23-8-9-24-18(21)12-2-7-16-15(10-12)19-17(20)11-25-16/h2-7,10H,8-9,11H2,1H3,(H,19,20). The van der Waals surface area contributed by atoms with Crippen molar-refractivity contribution >= 4 is 29.3 Å². The van der Waals surface area contributed by atoms with E-state index in [0.717, 1.165) is 10.6 Å². The third-order valence-electron chi connectivity index (χ3n) is 3.49. The van der Waals surface area contributed by atoms with Crippen molar-refractivity contribution in [1.82, 2.24) is 0 Å². The maximum Gasteiger partial charge on any atom is 0.338 e. The second-order valence-electron chi connectivity index (χ2n) is 5.21. The number of rotatable bonds is 6. The summed E-state index contributed by atoms with van der Waals surface area (Å²) in [6.45, 7) is 0.374. The Morgan fingerprint density at radius 3 is 2.64 bits per heavy atom. The summed E-state index contributed by atoms with van der Waals surface area (Å²) in [4.78, 5) is 24.5. The number of hydrogen-bond donors (Lipinski definition) is 1. The zero-order chi connectivity index (χ0) is 17.6. The number of nitrogens with one attached hydrogen (secondary N) is 1. The summed E-state index contributed by atoms with van der Waals surface area (Å²) in [5, 5.41) is 2.75. The average molecular weight is 359 g/mol. The van der Waals surface area contributed by atoms with Crippen LogP contribution in [0.3, 0.4) is 0 Å². The van der Waals surface area contributed by atoms with Crippen molar-refractivity contribution in [2.75, 3.05) is 31.4 Å². The molecule has 0 fully saturated rings. The Balaban J connectivity index is 1.49. The zero-order valence-electron chi connectivity index (χ0n) is 13.6. The number of benzene rings is 2. The number of fused-ring (bicyclic) bond motifs is 1. The first-order valence-corrected chi connectivity index (χ1v) is 8.65. The van der Waals surface area contributed by atoms with Crippen LogP contribution in [0.5, 0.6) is 11.5 Å². The molecule has 2 aromatic carbocycles. The number of amides is 1. The summed E-state index contributed by atoms with van der Waals surface area (Å²) < 4.78 is 15.8. The molecule has 3 rings (SSSR count). The van der Waals surface area contributed by atoms with Crippen LogP contribution in [0.25, 0.3) is 0 Å². The van der Waals surface area contributed by atoms with Gasteiger partial charge in [0.25, 0.3) is 0 Å². The number of anilines is 1. The van der Waals surface area contributed by atoms with E-state index >= 15 is 0 Å². The van der Waals surface area contributed by atoms with Crippen molar-refractivity contribution in [2.45, 2.75) is 4.90 Å². The fraction of sp³-hybridized carbons (Fsp3) is 0.222. The highest BCUT2D eigenvalue weighted by Gasteiger charge is 2.17. The van der Waals surface area contributed by atoms with Crippen molar-refractivity contribution in [3.63, 3.8) is 0 Å². The molecular weight excluding hydrogens is 342 g/mol. The molecule has 0 radical (unpaired) electrons. The number of hydrogen-bond acceptors (Lipinski definition) is 6. The molecule has 0 aromatic heterocycles. The molecule has 0 aliphatic carbocycles. The molecule has 0 bridgehead atoms. The van der Waals surface area contributed by atoms with Crippen molar-refractivity contribution in [3.8, 4) is 11.5 Å². The van der Waals surface area contributed by atoms with Gasteiger partial charge in [0, 0.05) is 4.90 Å². The van der Waals surface area contributed by atoms with E-state index in [9.17, 15) is 9.59 Å². The summed E-state index contributed by atoms with van der Waals surface area (Å²) in [5.41, 5.74) is 1.04. The molecule has 1 heterocycles. The summed E-state index contributed by atoms with van der Waals surface area (Å²) >= 11 is 1.45. The van der Waals surface area contributed by atoms with Gasteiger partial charge in [0.1, 0.15) is 24.7 Å². The fourth-order valence-corrected chi connectivity index (χ4v) is 3.05. The molecule has 130 valence electrons. The second kappa shape index (κ2) is 7.94. The lowest BCUT2D eigenvalue weighted by atomic mass is 10.2. The molecule has 0 unspecified atom stereocenters. The van der Waals surface area contributed by atoms with E-state index in [1.54, 1.807) is 43.5 Å². The van der Waals surface area contributed by atoms with Gasteiger partial charge < -0.3 is 19.5 Å². The molecule has 25 heavy (non-hydrogen) atoms. The first-order chi connectivity index (χ1) is 12.2. The average Bonchev–Trinajstić information content (AvgIpc) is 2.65. The molecule has 6 nitrogen and oxygen atoms in total. The van der Waals surface area contributed by atoms with Crippen molar-refractivity contribution in [3.05, 3.63) is 48.0 Å². The minimum atomic E-state index is -0.453. The minimum absolute atomic E-state index is 0.0732. The monoisotopic (exact) mass is 359 g/mol. The van der Waals surface area contributed by atoms with Gasteiger partial charge in [-0.25, -0.2) is 4.79 Å². The topological polar surface area (TPSA) is 73.9 Å². The molecule has 1 aliphatic rings. The fourth-order valence-electron chi connectivity index (χ4n) is 2.26. The van der Waals surface area contributed by atoms with Crippen LogP contribution in [0.4, 0.5) is 5.69 Å². The van der Waals surface area contributed by atoms with Gasteiger partial charge in [-0.3, -0.25) is 4.79 Å². The largest absolute Gasteiger partial charge is 0.497 e. The summed E-state index contributed by atoms with van der Waals surface area (Å²) in [6.07, 6.45) is 0. The number of esters is 1. The highest BCUT2D eigenvalue weighted by atomic mass is 32.2. The molecule has 0 saturated carbocycles. The van der Waals surface area contributed by atoms with E-state index in [-0.39, 0.29) is 19.1 Å². The number of carbonyl (C=O) groups is 2. The maximum absolute atomic E-state index is 12.1. The first kappa shape index (κ1) is 17.2. The van der Waals surface area contributed by atoms with Gasteiger partial charge in [-0.2, -0.15) is 0 Å². The summed E-state index contributed by atoms with van der Waals surface area (Å²) in [5.74, 6) is 1.28.